The highest BCUT2D eigenvalue weighted by Gasteiger charge is 2.08. The first kappa shape index (κ1) is 9.58. The van der Waals surface area contributed by atoms with Crippen molar-refractivity contribution in [3.63, 3.8) is 0 Å². The summed E-state index contributed by atoms with van der Waals surface area (Å²) in [7, 11) is 0. The summed E-state index contributed by atoms with van der Waals surface area (Å²) in [6.45, 7) is 7.65. The van der Waals surface area contributed by atoms with E-state index < -0.39 is 0 Å². The zero-order valence-electron chi connectivity index (χ0n) is 7.91. The van der Waals surface area contributed by atoms with Gasteiger partial charge in [0.05, 0.1) is 5.56 Å². The molecule has 0 N–H and O–H groups in total. The molecule has 0 bridgehead atoms. The second kappa shape index (κ2) is 3.94. The fraction of sp³-hybridized carbons (Fsp3) is 0.300. The van der Waals surface area contributed by atoms with Gasteiger partial charge in [0.2, 0.25) is 0 Å². The van der Waals surface area contributed by atoms with Crippen LogP contribution < -0.4 is 9.47 Å². The number of hydrogen-bond donors (Lipinski definition) is 0. The summed E-state index contributed by atoms with van der Waals surface area (Å²) >= 11 is 0. The zero-order valence-corrected chi connectivity index (χ0v) is 7.91. The van der Waals surface area contributed by atoms with Crippen LogP contribution in [-0.2, 0) is 0 Å². The summed E-state index contributed by atoms with van der Waals surface area (Å²) < 4.78 is 6.18. The Balaban J connectivity index is 2.96. The molecule has 0 aromatic carbocycles. The summed E-state index contributed by atoms with van der Waals surface area (Å²) in [6.07, 6.45) is 3.12. The van der Waals surface area contributed by atoms with Gasteiger partial charge in [-0.25, -0.2) is 0 Å². The summed E-state index contributed by atoms with van der Waals surface area (Å²) in [6, 6.07) is 1.67. The van der Waals surface area contributed by atoms with Crippen molar-refractivity contribution in [2.75, 3.05) is 6.61 Å². The molecule has 13 heavy (non-hydrogen) atoms. The van der Waals surface area contributed by atoms with Gasteiger partial charge in [-0.1, -0.05) is 12.7 Å². The molecule has 3 heteroatoms. The Bertz CT molecular complexity index is 321. The lowest BCUT2D eigenvalue weighted by Gasteiger charge is -2.08. The van der Waals surface area contributed by atoms with E-state index in [1.54, 1.807) is 19.1 Å². The number of nitrogens with zero attached hydrogens (tertiary/aromatic N) is 1. The minimum Gasteiger partial charge on any atom is -0.618 e. The predicted octanol–water partition coefficient (Wildman–Crippen LogP) is 1.50. The average Bonchev–Trinajstić information content (AvgIpc) is 2.13. The predicted molar refractivity (Wildman–Crippen MR) is 50.6 cm³/mol. The van der Waals surface area contributed by atoms with E-state index in [1.807, 2.05) is 6.92 Å². The molecule has 1 heterocycles. The number of rotatable bonds is 3. The molecule has 0 fully saturated rings. The van der Waals surface area contributed by atoms with Crippen molar-refractivity contribution in [3.8, 4) is 5.75 Å². The first-order valence-electron chi connectivity index (χ1n) is 4.10. The number of pyridine rings is 1. The minimum absolute atomic E-state index is 0.461. The topological polar surface area (TPSA) is 36.2 Å². The van der Waals surface area contributed by atoms with Crippen molar-refractivity contribution in [2.45, 2.75) is 13.8 Å². The van der Waals surface area contributed by atoms with Crippen molar-refractivity contribution in [2.24, 2.45) is 0 Å². The van der Waals surface area contributed by atoms with Crippen LogP contribution in [0.1, 0.15) is 11.3 Å². The minimum atomic E-state index is 0.461. The molecule has 0 saturated heterocycles. The monoisotopic (exact) mass is 179 g/mol. The normalized spacial score (nSPS) is 9.69. The van der Waals surface area contributed by atoms with Gasteiger partial charge in [0.15, 0.2) is 11.9 Å². The molecule has 0 radical (unpaired) electrons. The maximum atomic E-state index is 11.1. The molecule has 0 unspecified atom stereocenters. The third-order valence-electron chi connectivity index (χ3n) is 1.96. The van der Waals surface area contributed by atoms with Crippen LogP contribution in [0.3, 0.4) is 0 Å². The van der Waals surface area contributed by atoms with Gasteiger partial charge in [-0.3, -0.25) is 0 Å². The fourth-order valence-electron chi connectivity index (χ4n) is 1.02. The quantitative estimate of drug-likeness (QED) is 0.400. The van der Waals surface area contributed by atoms with Gasteiger partial charge < -0.3 is 9.94 Å². The summed E-state index contributed by atoms with van der Waals surface area (Å²) in [5, 5.41) is 11.1. The Morgan fingerprint density at radius 1 is 1.62 bits per heavy atom. The van der Waals surface area contributed by atoms with Crippen LogP contribution >= 0.6 is 0 Å². The molecule has 0 aliphatic carbocycles. The van der Waals surface area contributed by atoms with E-state index in [9.17, 15) is 5.21 Å². The first-order valence-corrected chi connectivity index (χ1v) is 4.10. The molecule has 0 amide bonds. The lowest BCUT2D eigenvalue weighted by Crippen LogP contribution is -2.30. The van der Waals surface area contributed by atoms with Crippen LogP contribution in [0.25, 0.3) is 0 Å². The highest BCUT2D eigenvalue weighted by atomic mass is 16.5. The fourth-order valence-corrected chi connectivity index (χ4v) is 1.02. The number of hydrogen-bond acceptors (Lipinski definition) is 2. The van der Waals surface area contributed by atoms with Crippen LogP contribution in [-0.4, -0.2) is 6.61 Å². The number of ether oxygens (including phenoxy) is 1. The molecule has 3 nitrogen and oxygen atoms in total. The van der Waals surface area contributed by atoms with Crippen molar-refractivity contribution < 1.29 is 9.47 Å². The maximum absolute atomic E-state index is 11.1. The van der Waals surface area contributed by atoms with Crippen LogP contribution in [0.4, 0.5) is 0 Å². The molecule has 1 rings (SSSR count). The molecule has 1 aromatic rings. The Morgan fingerprint density at radius 3 is 2.92 bits per heavy atom. The molecule has 0 saturated carbocycles. The van der Waals surface area contributed by atoms with Gasteiger partial charge in [-0.05, 0) is 6.92 Å². The Hall–Kier alpha value is -1.51. The van der Waals surface area contributed by atoms with Gasteiger partial charge >= 0.3 is 0 Å². The third kappa shape index (κ3) is 1.99. The number of aromatic nitrogens is 1. The van der Waals surface area contributed by atoms with Gasteiger partial charge in [0.25, 0.3) is 0 Å². The molecular formula is C10H13NO2. The molecule has 0 atom stereocenters. The molecule has 0 aliphatic rings. The standard InChI is InChI=1S/C10H13NO2/c1-4-7-13-10-5-6-11(12)9(3)8(10)2/h4-6H,1,7H2,2-3H3. The van der Waals surface area contributed by atoms with Crippen LogP contribution in [0.15, 0.2) is 24.9 Å². The second-order valence-electron chi connectivity index (χ2n) is 2.82. The summed E-state index contributed by atoms with van der Waals surface area (Å²) in [5.74, 6) is 0.740. The van der Waals surface area contributed by atoms with Crippen LogP contribution in [0.2, 0.25) is 0 Å². The van der Waals surface area contributed by atoms with E-state index in [4.69, 9.17) is 4.74 Å². The average molecular weight is 179 g/mol. The SMILES string of the molecule is C=CCOc1cc[n+]([O-])c(C)c1C. The first-order chi connectivity index (χ1) is 6.16. The van der Waals surface area contributed by atoms with E-state index in [0.29, 0.717) is 12.3 Å². The van der Waals surface area contributed by atoms with Crippen molar-refractivity contribution in [1.29, 1.82) is 0 Å². The van der Waals surface area contributed by atoms with Crippen molar-refractivity contribution in [3.05, 3.63) is 41.4 Å². The van der Waals surface area contributed by atoms with E-state index in [0.717, 1.165) is 16.0 Å². The van der Waals surface area contributed by atoms with E-state index >= 15 is 0 Å². The second-order valence-corrected chi connectivity index (χ2v) is 2.82. The van der Waals surface area contributed by atoms with Gasteiger partial charge in [0, 0.05) is 13.0 Å². The smallest absolute Gasteiger partial charge is 0.196 e. The molecule has 0 spiro atoms. The van der Waals surface area contributed by atoms with Gasteiger partial charge in [0.1, 0.15) is 12.4 Å². The molecular weight excluding hydrogens is 166 g/mol. The molecule has 0 aliphatic heterocycles. The molecule has 1 aromatic heterocycles. The summed E-state index contributed by atoms with van der Waals surface area (Å²) in [4.78, 5) is 0. The van der Waals surface area contributed by atoms with Gasteiger partial charge in [-0.2, -0.15) is 4.73 Å². The summed E-state index contributed by atoms with van der Waals surface area (Å²) in [5.41, 5.74) is 1.54. The van der Waals surface area contributed by atoms with E-state index in [2.05, 4.69) is 6.58 Å². The van der Waals surface area contributed by atoms with E-state index in [-0.39, 0.29) is 0 Å². The maximum Gasteiger partial charge on any atom is 0.196 e. The van der Waals surface area contributed by atoms with Crippen LogP contribution in [0.5, 0.6) is 5.75 Å². The zero-order chi connectivity index (χ0) is 9.84. The van der Waals surface area contributed by atoms with Gasteiger partial charge in [-0.15, -0.1) is 0 Å². The van der Waals surface area contributed by atoms with Crippen molar-refractivity contribution >= 4 is 0 Å². The van der Waals surface area contributed by atoms with Crippen molar-refractivity contribution in [1.82, 2.24) is 0 Å². The Morgan fingerprint density at radius 2 is 2.31 bits per heavy atom. The van der Waals surface area contributed by atoms with Crippen LogP contribution in [0, 0.1) is 19.1 Å². The largest absolute Gasteiger partial charge is 0.618 e. The highest BCUT2D eigenvalue weighted by molar-refractivity contribution is 5.31. The Labute approximate surface area is 77.9 Å². The Kier molecular flexibility index (Phi) is 2.90. The highest BCUT2D eigenvalue weighted by Crippen LogP contribution is 2.17. The van der Waals surface area contributed by atoms with E-state index in [1.165, 1.54) is 6.20 Å². The lowest BCUT2D eigenvalue weighted by molar-refractivity contribution is -0.612. The third-order valence-corrected chi connectivity index (χ3v) is 1.96. The lowest BCUT2D eigenvalue weighted by atomic mass is 10.2. The molecule has 70 valence electrons.